The smallest absolute Gasteiger partial charge is 0.236 e. The maximum atomic E-state index is 9.87. The Bertz CT molecular complexity index is 1350. The molecule has 0 N–H and O–H groups in total. The molecule has 2 atom stereocenters. The third-order valence-corrected chi connectivity index (χ3v) is 9.84. The number of hydrogen-bond acceptors (Lipinski definition) is 7. The quantitative estimate of drug-likeness (QED) is 0.421. The number of aromatic nitrogens is 4. The van der Waals surface area contributed by atoms with Gasteiger partial charge in [0.25, 0.3) is 0 Å². The van der Waals surface area contributed by atoms with E-state index < -0.39 is 0 Å². The number of imidazole rings is 1. The SMILES string of the molecule is CC1CCC(Cn2c(N3CCOC[C@H]3c3ccccc3)nc3nc(C#N)nc(N4CC[C@@H]4C4CCC4)c32)CC1. The molecule has 204 valence electrons. The fourth-order valence-corrected chi connectivity index (χ4v) is 7.20. The van der Waals surface area contributed by atoms with Gasteiger partial charge >= 0.3 is 0 Å². The molecule has 0 bridgehead atoms. The van der Waals surface area contributed by atoms with Crippen LogP contribution in [0, 0.1) is 29.1 Å². The van der Waals surface area contributed by atoms with E-state index in [2.05, 4.69) is 62.7 Å². The van der Waals surface area contributed by atoms with Crippen LogP contribution in [0.4, 0.5) is 11.8 Å². The molecule has 1 aromatic carbocycles. The highest BCUT2D eigenvalue weighted by molar-refractivity contribution is 5.87. The second kappa shape index (κ2) is 10.4. The molecule has 0 amide bonds. The first-order chi connectivity index (χ1) is 19.2. The summed E-state index contributed by atoms with van der Waals surface area (Å²) in [6.45, 7) is 6.36. The van der Waals surface area contributed by atoms with Crippen LogP contribution in [0.2, 0.25) is 0 Å². The fourth-order valence-electron chi connectivity index (χ4n) is 7.20. The monoisotopic (exact) mass is 525 g/mol. The van der Waals surface area contributed by atoms with E-state index in [1.807, 2.05) is 0 Å². The third kappa shape index (κ3) is 4.55. The van der Waals surface area contributed by atoms with Crippen molar-refractivity contribution >= 4 is 22.9 Å². The van der Waals surface area contributed by atoms with Crippen LogP contribution in [0.3, 0.4) is 0 Å². The Morgan fingerprint density at radius 1 is 0.949 bits per heavy atom. The van der Waals surface area contributed by atoms with Crippen molar-refractivity contribution in [1.82, 2.24) is 19.5 Å². The fraction of sp³-hybridized carbons (Fsp3) is 0.613. The second-order valence-electron chi connectivity index (χ2n) is 12.2. The Labute approximate surface area is 231 Å². The van der Waals surface area contributed by atoms with E-state index >= 15 is 0 Å². The van der Waals surface area contributed by atoms with Crippen LogP contribution < -0.4 is 9.80 Å². The molecule has 0 radical (unpaired) electrons. The standard InChI is InChI=1S/C31H39N7O/c1-21-10-12-22(13-11-21)19-38-28-29(33-27(18-32)34-30(28)36-15-14-25(36)23-8-5-9-23)35-31(38)37-16-17-39-20-26(37)24-6-3-2-4-7-24/h2-4,6-7,21-23,25-26H,5,8-17,19-20H2,1H3/t21?,22?,25-,26+/m1/s1. The molecule has 8 heteroatoms. The minimum atomic E-state index is 0.0838. The van der Waals surface area contributed by atoms with Gasteiger partial charge in [0.1, 0.15) is 11.6 Å². The van der Waals surface area contributed by atoms with E-state index in [0.29, 0.717) is 30.8 Å². The van der Waals surface area contributed by atoms with Crippen molar-refractivity contribution in [2.45, 2.75) is 76.9 Å². The van der Waals surface area contributed by atoms with Gasteiger partial charge in [0, 0.05) is 25.7 Å². The van der Waals surface area contributed by atoms with Gasteiger partial charge in [-0.15, -0.1) is 0 Å². The molecule has 4 heterocycles. The van der Waals surface area contributed by atoms with E-state index in [-0.39, 0.29) is 11.9 Å². The van der Waals surface area contributed by atoms with Gasteiger partial charge in [0.05, 0.1) is 19.3 Å². The first-order valence-electron chi connectivity index (χ1n) is 15.0. The summed E-state index contributed by atoms with van der Waals surface area (Å²) in [5.41, 5.74) is 2.91. The molecule has 4 fully saturated rings. The summed E-state index contributed by atoms with van der Waals surface area (Å²) in [6.07, 6.45) is 10.2. The zero-order valence-corrected chi connectivity index (χ0v) is 23.0. The number of anilines is 2. The molecule has 0 spiro atoms. The Hall–Kier alpha value is -3.18. The van der Waals surface area contributed by atoms with Crippen LogP contribution in [-0.4, -0.2) is 51.9 Å². The predicted molar refractivity (Wildman–Crippen MR) is 152 cm³/mol. The van der Waals surface area contributed by atoms with Gasteiger partial charge in [0.2, 0.25) is 11.8 Å². The van der Waals surface area contributed by atoms with Crippen LogP contribution in [0.5, 0.6) is 0 Å². The molecular formula is C31H39N7O. The maximum absolute atomic E-state index is 9.87. The van der Waals surface area contributed by atoms with E-state index in [4.69, 9.17) is 14.7 Å². The lowest BCUT2D eigenvalue weighted by atomic mass is 9.75. The number of nitrogens with zero attached hydrogens (tertiary/aromatic N) is 7. The van der Waals surface area contributed by atoms with Gasteiger partial charge in [0.15, 0.2) is 11.5 Å². The highest BCUT2D eigenvalue weighted by Crippen LogP contribution is 2.43. The highest BCUT2D eigenvalue weighted by Gasteiger charge is 2.41. The largest absolute Gasteiger partial charge is 0.377 e. The average molecular weight is 526 g/mol. The van der Waals surface area contributed by atoms with Crippen molar-refractivity contribution in [3.8, 4) is 6.07 Å². The van der Waals surface area contributed by atoms with Crippen LogP contribution in [0.1, 0.15) is 75.7 Å². The first kappa shape index (κ1) is 24.8. The topological polar surface area (TPSA) is 83.1 Å². The summed E-state index contributed by atoms with van der Waals surface area (Å²) >= 11 is 0. The zero-order chi connectivity index (χ0) is 26.3. The summed E-state index contributed by atoms with van der Waals surface area (Å²) < 4.78 is 8.42. The zero-order valence-electron chi connectivity index (χ0n) is 23.0. The normalized spacial score (nSPS) is 27.7. The highest BCUT2D eigenvalue weighted by atomic mass is 16.5. The number of rotatable bonds is 6. The van der Waals surface area contributed by atoms with E-state index in [1.165, 1.54) is 56.9 Å². The number of hydrogen-bond donors (Lipinski definition) is 0. The van der Waals surface area contributed by atoms with Gasteiger partial charge in [-0.25, -0.2) is 0 Å². The lowest BCUT2D eigenvalue weighted by Gasteiger charge is -2.49. The van der Waals surface area contributed by atoms with Gasteiger partial charge in [-0.3, -0.25) is 0 Å². The minimum Gasteiger partial charge on any atom is -0.377 e. The lowest BCUT2D eigenvalue weighted by Crippen LogP contribution is -2.54. The molecule has 2 saturated carbocycles. The molecule has 3 aromatic rings. The van der Waals surface area contributed by atoms with Gasteiger partial charge < -0.3 is 19.1 Å². The molecule has 39 heavy (non-hydrogen) atoms. The summed E-state index contributed by atoms with van der Waals surface area (Å²) in [6, 6.07) is 13.5. The summed E-state index contributed by atoms with van der Waals surface area (Å²) in [7, 11) is 0. The number of benzene rings is 1. The third-order valence-electron chi connectivity index (χ3n) is 9.84. The Balaban J connectivity index is 1.36. The maximum Gasteiger partial charge on any atom is 0.236 e. The molecule has 2 aliphatic carbocycles. The molecule has 2 aliphatic heterocycles. The number of ether oxygens (including phenoxy) is 1. The van der Waals surface area contributed by atoms with E-state index in [9.17, 15) is 5.26 Å². The summed E-state index contributed by atoms with van der Waals surface area (Å²) in [4.78, 5) is 19.7. The molecule has 2 aromatic heterocycles. The lowest BCUT2D eigenvalue weighted by molar-refractivity contribution is 0.0927. The van der Waals surface area contributed by atoms with Crippen molar-refractivity contribution in [2.24, 2.45) is 17.8 Å². The second-order valence-corrected chi connectivity index (χ2v) is 12.2. The van der Waals surface area contributed by atoms with Crippen molar-refractivity contribution in [1.29, 1.82) is 5.26 Å². The molecule has 7 rings (SSSR count). The molecule has 4 aliphatic rings. The number of nitriles is 1. The van der Waals surface area contributed by atoms with Gasteiger partial charge in [-0.05, 0) is 55.4 Å². The van der Waals surface area contributed by atoms with Crippen molar-refractivity contribution < 1.29 is 4.74 Å². The molecular weight excluding hydrogens is 486 g/mol. The van der Waals surface area contributed by atoms with Crippen LogP contribution >= 0.6 is 0 Å². The van der Waals surface area contributed by atoms with Crippen LogP contribution in [-0.2, 0) is 11.3 Å². The Kier molecular flexibility index (Phi) is 6.64. The first-order valence-corrected chi connectivity index (χ1v) is 15.0. The minimum absolute atomic E-state index is 0.0838. The van der Waals surface area contributed by atoms with Crippen molar-refractivity contribution in [3.63, 3.8) is 0 Å². The van der Waals surface area contributed by atoms with Crippen LogP contribution in [0.15, 0.2) is 30.3 Å². The average Bonchev–Trinajstić information content (AvgIpc) is 3.29. The van der Waals surface area contributed by atoms with Crippen molar-refractivity contribution in [3.05, 3.63) is 41.7 Å². The van der Waals surface area contributed by atoms with Gasteiger partial charge in [-0.2, -0.15) is 20.2 Å². The molecule has 2 saturated heterocycles. The summed E-state index contributed by atoms with van der Waals surface area (Å²) in [5, 5.41) is 9.87. The van der Waals surface area contributed by atoms with E-state index in [1.54, 1.807) is 0 Å². The van der Waals surface area contributed by atoms with E-state index in [0.717, 1.165) is 48.8 Å². The number of fused-ring (bicyclic) bond motifs is 1. The van der Waals surface area contributed by atoms with Gasteiger partial charge in [-0.1, -0.05) is 56.5 Å². The predicted octanol–water partition coefficient (Wildman–Crippen LogP) is 5.48. The molecule has 8 nitrogen and oxygen atoms in total. The number of morpholine rings is 1. The Morgan fingerprint density at radius 3 is 2.46 bits per heavy atom. The summed E-state index contributed by atoms with van der Waals surface area (Å²) in [5.74, 6) is 4.26. The van der Waals surface area contributed by atoms with Crippen LogP contribution in [0.25, 0.3) is 11.2 Å². The van der Waals surface area contributed by atoms with Crippen molar-refractivity contribution in [2.75, 3.05) is 36.1 Å². The molecule has 0 unspecified atom stereocenters. The Morgan fingerprint density at radius 2 is 1.77 bits per heavy atom.